The fourth-order valence-corrected chi connectivity index (χ4v) is 4.09. The van der Waals surface area contributed by atoms with E-state index in [4.69, 9.17) is 0 Å². The van der Waals surface area contributed by atoms with Gasteiger partial charge in [0.25, 0.3) is 0 Å². The van der Waals surface area contributed by atoms with E-state index in [9.17, 15) is 39.6 Å². The van der Waals surface area contributed by atoms with Crippen LogP contribution in [0.15, 0.2) is 18.2 Å². The Kier molecular flexibility index (Phi) is 4.60. The number of likely N-dealkylation sites (tertiary alicyclic amines) is 1. The minimum atomic E-state index is -5.85. The van der Waals surface area contributed by atoms with Crippen LogP contribution >= 0.6 is 0 Å². The molecule has 0 radical (unpaired) electrons. The Labute approximate surface area is 150 Å². The molecule has 0 N–H and O–H groups in total. The number of rotatable bonds is 2. The summed E-state index contributed by atoms with van der Waals surface area (Å²) in [7, 11) is -5.85. The van der Waals surface area contributed by atoms with Crippen molar-refractivity contribution < 1.29 is 43.7 Å². The van der Waals surface area contributed by atoms with Crippen molar-refractivity contribution in [2.24, 2.45) is 0 Å². The number of alkyl halides is 6. The van der Waals surface area contributed by atoms with Crippen molar-refractivity contribution in [3.8, 4) is 5.75 Å². The number of hydrogen-bond acceptors (Lipinski definition) is 4. The molecule has 2 atom stereocenters. The molecule has 0 spiro atoms. The molecule has 1 aliphatic heterocycles. The first-order valence-electron chi connectivity index (χ1n) is 7.82. The van der Waals surface area contributed by atoms with Gasteiger partial charge in [0.15, 0.2) is 0 Å². The highest BCUT2D eigenvalue weighted by atomic mass is 32.2. The molecule has 1 aromatic rings. The van der Waals surface area contributed by atoms with Crippen LogP contribution in [-0.2, 0) is 21.3 Å². The number of nitrogens with zero attached hydrogens (tertiary/aromatic N) is 1. The van der Waals surface area contributed by atoms with Crippen LogP contribution < -0.4 is 4.18 Å². The summed E-state index contributed by atoms with van der Waals surface area (Å²) >= 11 is 0. The van der Waals surface area contributed by atoms with Crippen LogP contribution in [0.2, 0.25) is 0 Å². The average molecular weight is 417 g/mol. The molecule has 2 aliphatic rings. The van der Waals surface area contributed by atoms with Gasteiger partial charge in [0.05, 0.1) is 0 Å². The molecule has 5 nitrogen and oxygen atoms in total. The molecule has 1 heterocycles. The molecule has 1 aromatic carbocycles. The molecule has 1 amide bonds. The van der Waals surface area contributed by atoms with Crippen LogP contribution in [0.1, 0.15) is 29.9 Å². The van der Waals surface area contributed by atoms with Crippen molar-refractivity contribution in [3.63, 3.8) is 0 Å². The Balaban J connectivity index is 1.88. The van der Waals surface area contributed by atoms with Crippen LogP contribution in [0.3, 0.4) is 0 Å². The molecule has 0 saturated carbocycles. The summed E-state index contributed by atoms with van der Waals surface area (Å²) in [6.45, 7) is -0.0701. The normalized spacial score (nSPS) is 23.0. The maximum atomic E-state index is 12.8. The summed E-state index contributed by atoms with van der Waals surface area (Å²) in [5.41, 5.74) is -4.66. The van der Waals surface area contributed by atoms with Crippen LogP contribution in [-0.4, -0.2) is 43.5 Å². The lowest BCUT2D eigenvalue weighted by molar-refractivity contribution is -0.189. The van der Waals surface area contributed by atoms with Gasteiger partial charge in [-0.25, -0.2) is 0 Å². The molecule has 1 fully saturated rings. The Morgan fingerprint density at radius 2 is 1.81 bits per heavy atom. The van der Waals surface area contributed by atoms with Gasteiger partial charge in [-0.3, -0.25) is 4.79 Å². The van der Waals surface area contributed by atoms with Gasteiger partial charge in [0.2, 0.25) is 0 Å². The Morgan fingerprint density at radius 1 is 1.15 bits per heavy atom. The van der Waals surface area contributed by atoms with Crippen molar-refractivity contribution in [2.45, 2.75) is 42.9 Å². The molecule has 1 unspecified atom stereocenters. The summed E-state index contributed by atoms with van der Waals surface area (Å²) in [5, 5.41) is 0. The summed E-state index contributed by atoms with van der Waals surface area (Å²) in [5.74, 6) is -3.07. The van der Waals surface area contributed by atoms with Crippen molar-refractivity contribution in [2.75, 3.05) is 6.54 Å². The first-order valence-corrected chi connectivity index (χ1v) is 9.23. The summed E-state index contributed by atoms with van der Waals surface area (Å²) < 4.78 is 102. The van der Waals surface area contributed by atoms with Gasteiger partial charge in [-0.15, -0.1) is 0 Å². The molecule has 1 saturated heterocycles. The molecule has 0 aromatic heterocycles. The van der Waals surface area contributed by atoms with E-state index in [0.717, 1.165) is 17.0 Å². The van der Waals surface area contributed by atoms with E-state index in [1.807, 2.05) is 0 Å². The maximum Gasteiger partial charge on any atom is 0.534 e. The van der Waals surface area contributed by atoms with Crippen LogP contribution in [0.4, 0.5) is 26.3 Å². The van der Waals surface area contributed by atoms with Crippen LogP contribution in [0.25, 0.3) is 0 Å². The molecule has 150 valence electrons. The van der Waals surface area contributed by atoms with E-state index in [1.165, 1.54) is 6.07 Å². The number of fused-ring (bicyclic) bond motifs is 3. The van der Waals surface area contributed by atoms with Crippen molar-refractivity contribution in [3.05, 3.63) is 29.3 Å². The molecule has 1 aliphatic carbocycles. The summed E-state index contributed by atoms with van der Waals surface area (Å²) in [6, 6.07) is 2.63. The zero-order valence-corrected chi connectivity index (χ0v) is 14.3. The Hall–Kier alpha value is -1.98. The van der Waals surface area contributed by atoms with E-state index >= 15 is 0 Å². The quantitative estimate of drug-likeness (QED) is 0.422. The van der Waals surface area contributed by atoms with Gasteiger partial charge >= 0.3 is 27.7 Å². The third-order valence-electron chi connectivity index (χ3n) is 4.72. The minimum absolute atomic E-state index is 0.0701. The molecule has 0 bridgehead atoms. The largest absolute Gasteiger partial charge is 0.534 e. The van der Waals surface area contributed by atoms with E-state index in [1.54, 1.807) is 0 Å². The fraction of sp³-hybridized carbons (Fsp3) is 0.533. The number of piperidine rings is 1. The van der Waals surface area contributed by atoms with E-state index in [0.29, 0.717) is 17.5 Å². The highest BCUT2D eigenvalue weighted by molar-refractivity contribution is 7.88. The highest BCUT2D eigenvalue weighted by Gasteiger charge is 2.50. The second-order valence-corrected chi connectivity index (χ2v) is 7.90. The Bertz CT molecular complexity index is 864. The minimum Gasteiger partial charge on any atom is -0.376 e. The monoisotopic (exact) mass is 417 g/mol. The molecular formula is C15H13F6NO4S. The van der Waals surface area contributed by atoms with E-state index in [2.05, 4.69) is 4.18 Å². The molecule has 12 heteroatoms. The number of halogens is 6. The smallest absolute Gasteiger partial charge is 0.376 e. The topological polar surface area (TPSA) is 63.7 Å². The predicted molar refractivity (Wildman–Crippen MR) is 79.3 cm³/mol. The number of benzene rings is 1. The lowest BCUT2D eigenvalue weighted by atomic mass is 9.88. The maximum absolute atomic E-state index is 12.8. The van der Waals surface area contributed by atoms with Gasteiger partial charge in [0.1, 0.15) is 5.75 Å². The lowest BCUT2D eigenvalue weighted by Gasteiger charge is -2.38. The second kappa shape index (κ2) is 6.28. The summed E-state index contributed by atoms with van der Waals surface area (Å²) in [4.78, 5) is 12.4. The van der Waals surface area contributed by atoms with Gasteiger partial charge in [-0.1, -0.05) is 6.07 Å². The first kappa shape index (κ1) is 19.8. The van der Waals surface area contributed by atoms with Gasteiger partial charge in [-0.05, 0) is 42.5 Å². The lowest BCUT2D eigenvalue weighted by Crippen LogP contribution is -2.51. The fourth-order valence-electron chi connectivity index (χ4n) is 3.64. The molecule has 3 rings (SSSR count). The van der Waals surface area contributed by atoms with Crippen LogP contribution in [0.5, 0.6) is 5.75 Å². The highest BCUT2D eigenvalue weighted by Crippen LogP contribution is 2.44. The average Bonchev–Trinajstić information content (AvgIpc) is 2.90. The summed E-state index contributed by atoms with van der Waals surface area (Å²) in [6.07, 6.45) is -4.21. The number of amides is 1. The number of carbonyl (C=O) groups is 1. The van der Waals surface area contributed by atoms with Gasteiger partial charge < -0.3 is 9.08 Å². The zero-order chi connectivity index (χ0) is 20.2. The third kappa shape index (κ3) is 3.58. The SMILES string of the molecule is O=C(N1CCCC2c3cc(OS(=O)(=O)C(F)(F)F)ccc3C[C@@H]21)C(F)(F)F. The standard InChI is InChI=1S/C15H13F6NO4S/c16-14(17,18)13(23)22-5-1-2-10-11-7-9(4-3-8(11)6-12(10)22)26-27(24,25)15(19,20)21/h3-4,7,10,12H,1-2,5-6H2/t10?,12-/m0/s1. The van der Waals surface area contributed by atoms with Crippen LogP contribution in [0, 0.1) is 0 Å². The zero-order valence-electron chi connectivity index (χ0n) is 13.5. The van der Waals surface area contributed by atoms with E-state index < -0.39 is 45.4 Å². The number of carbonyl (C=O) groups excluding carboxylic acids is 1. The van der Waals surface area contributed by atoms with Gasteiger partial charge in [-0.2, -0.15) is 34.8 Å². The van der Waals surface area contributed by atoms with Crippen molar-refractivity contribution >= 4 is 16.0 Å². The second-order valence-electron chi connectivity index (χ2n) is 6.36. The van der Waals surface area contributed by atoms with Crippen molar-refractivity contribution in [1.29, 1.82) is 0 Å². The molecule has 27 heavy (non-hydrogen) atoms. The number of hydrogen-bond donors (Lipinski definition) is 0. The van der Waals surface area contributed by atoms with Gasteiger partial charge in [0, 0.05) is 18.5 Å². The Morgan fingerprint density at radius 3 is 2.41 bits per heavy atom. The predicted octanol–water partition coefficient (Wildman–Crippen LogP) is 3.11. The molecular weight excluding hydrogens is 404 g/mol. The van der Waals surface area contributed by atoms with E-state index in [-0.39, 0.29) is 19.4 Å². The first-order chi connectivity index (χ1) is 12.3. The third-order valence-corrected chi connectivity index (χ3v) is 5.70. The van der Waals surface area contributed by atoms with Crippen molar-refractivity contribution in [1.82, 2.24) is 4.90 Å².